The van der Waals surface area contributed by atoms with E-state index in [1.54, 1.807) is 0 Å². The zero-order valence-corrected chi connectivity index (χ0v) is 11.7. The van der Waals surface area contributed by atoms with Crippen molar-refractivity contribution in [3.8, 4) is 0 Å². The van der Waals surface area contributed by atoms with Crippen molar-refractivity contribution in [3.63, 3.8) is 0 Å². The lowest BCUT2D eigenvalue weighted by Gasteiger charge is -2.15. The van der Waals surface area contributed by atoms with Crippen molar-refractivity contribution in [2.75, 3.05) is 7.05 Å². The number of hydrogen-bond donors (Lipinski definition) is 1. The summed E-state index contributed by atoms with van der Waals surface area (Å²) in [5.41, 5.74) is 2.48. The second-order valence-corrected chi connectivity index (χ2v) is 4.91. The van der Waals surface area contributed by atoms with Gasteiger partial charge >= 0.3 is 0 Å². The highest BCUT2D eigenvalue weighted by Crippen LogP contribution is 2.09. The minimum Gasteiger partial charge on any atom is -0.317 e. The molecule has 0 bridgehead atoms. The normalized spacial score (nSPS) is 12.5. The summed E-state index contributed by atoms with van der Waals surface area (Å²) in [7, 11) is 3.99. The van der Waals surface area contributed by atoms with Gasteiger partial charge in [0.05, 0.1) is 6.20 Å². The van der Waals surface area contributed by atoms with Crippen LogP contribution in [-0.2, 0) is 19.9 Å². The first-order chi connectivity index (χ1) is 9.28. The molecule has 2 rings (SSSR count). The highest BCUT2D eigenvalue weighted by molar-refractivity contribution is 5.05. The van der Waals surface area contributed by atoms with Crippen LogP contribution in [0.5, 0.6) is 0 Å². The maximum atomic E-state index is 4.37. The summed E-state index contributed by atoms with van der Waals surface area (Å²) in [6.45, 7) is 0. The Morgan fingerprint density at radius 3 is 2.74 bits per heavy atom. The van der Waals surface area contributed by atoms with Gasteiger partial charge in [0.2, 0.25) is 0 Å². The number of nitrogens with zero attached hydrogens (tertiary/aromatic N) is 3. The fraction of sp³-hybridized carbons (Fsp3) is 0.467. The van der Waals surface area contributed by atoms with Crippen molar-refractivity contribution >= 4 is 0 Å². The van der Waals surface area contributed by atoms with Gasteiger partial charge in [-0.2, -0.15) is 5.10 Å². The molecule has 0 amide bonds. The van der Waals surface area contributed by atoms with Crippen LogP contribution < -0.4 is 5.32 Å². The van der Waals surface area contributed by atoms with E-state index >= 15 is 0 Å². The molecule has 1 unspecified atom stereocenters. The summed E-state index contributed by atoms with van der Waals surface area (Å²) in [5.74, 6) is 0. The highest BCUT2D eigenvalue weighted by Gasteiger charge is 2.08. The van der Waals surface area contributed by atoms with E-state index in [4.69, 9.17) is 0 Å². The molecule has 4 heteroatoms. The van der Waals surface area contributed by atoms with Gasteiger partial charge < -0.3 is 5.32 Å². The zero-order chi connectivity index (χ0) is 13.5. The molecule has 2 heterocycles. The quantitative estimate of drug-likeness (QED) is 0.825. The zero-order valence-electron chi connectivity index (χ0n) is 11.7. The van der Waals surface area contributed by atoms with Crippen LogP contribution in [0.3, 0.4) is 0 Å². The van der Waals surface area contributed by atoms with Crippen LogP contribution in [0.1, 0.15) is 24.1 Å². The summed E-state index contributed by atoms with van der Waals surface area (Å²) in [5, 5.41) is 7.59. The molecule has 1 N–H and O–H groups in total. The molecule has 19 heavy (non-hydrogen) atoms. The van der Waals surface area contributed by atoms with E-state index in [2.05, 4.69) is 27.7 Å². The van der Waals surface area contributed by atoms with E-state index in [9.17, 15) is 0 Å². The van der Waals surface area contributed by atoms with Gasteiger partial charge in [-0.3, -0.25) is 9.67 Å². The van der Waals surface area contributed by atoms with Crippen LogP contribution in [0, 0.1) is 0 Å². The van der Waals surface area contributed by atoms with Gasteiger partial charge in [0.15, 0.2) is 0 Å². The Balaban J connectivity index is 1.77. The number of aryl methyl sites for hydroxylation is 3. The summed E-state index contributed by atoms with van der Waals surface area (Å²) in [6, 6.07) is 6.63. The molecule has 0 aliphatic rings. The lowest BCUT2D eigenvalue weighted by Crippen LogP contribution is -2.26. The molecular weight excluding hydrogens is 236 g/mol. The predicted octanol–water partition coefficient (Wildman–Crippen LogP) is 1.97. The molecule has 2 aromatic rings. The maximum Gasteiger partial charge on any atom is 0.0521 e. The molecule has 0 saturated carbocycles. The summed E-state index contributed by atoms with van der Waals surface area (Å²) in [6.07, 6.45) is 10.3. The largest absolute Gasteiger partial charge is 0.317 e. The number of nitrogens with one attached hydrogen (secondary N) is 1. The average molecular weight is 258 g/mol. The first-order valence-corrected chi connectivity index (χ1v) is 6.82. The van der Waals surface area contributed by atoms with Crippen molar-refractivity contribution in [2.24, 2.45) is 7.05 Å². The Morgan fingerprint density at radius 2 is 2.11 bits per heavy atom. The number of rotatable bonds is 7. The summed E-state index contributed by atoms with van der Waals surface area (Å²) < 4.78 is 1.86. The molecule has 0 aliphatic heterocycles. The van der Waals surface area contributed by atoms with E-state index in [1.807, 2.05) is 43.3 Å². The average Bonchev–Trinajstić information content (AvgIpc) is 2.86. The molecule has 0 radical (unpaired) electrons. The third-order valence-electron chi connectivity index (χ3n) is 3.42. The second kappa shape index (κ2) is 7.04. The molecule has 2 aromatic heterocycles. The summed E-state index contributed by atoms with van der Waals surface area (Å²) >= 11 is 0. The topological polar surface area (TPSA) is 42.7 Å². The first kappa shape index (κ1) is 13.7. The van der Waals surface area contributed by atoms with Gasteiger partial charge in [-0.1, -0.05) is 6.07 Å². The van der Waals surface area contributed by atoms with Crippen LogP contribution in [-0.4, -0.2) is 27.9 Å². The molecule has 1 atom stereocenters. The Labute approximate surface area is 114 Å². The SMILES string of the molecule is CNC(CCc1cnn(C)c1)CCc1ccccn1. The van der Waals surface area contributed by atoms with Gasteiger partial charge in [0, 0.05) is 31.2 Å². The maximum absolute atomic E-state index is 4.37. The van der Waals surface area contributed by atoms with Gasteiger partial charge in [-0.05, 0) is 50.4 Å². The van der Waals surface area contributed by atoms with E-state index < -0.39 is 0 Å². The molecular formula is C15H22N4. The van der Waals surface area contributed by atoms with Gasteiger partial charge in [0.25, 0.3) is 0 Å². The molecule has 0 aromatic carbocycles. The number of aromatic nitrogens is 3. The van der Waals surface area contributed by atoms with Crippen LogP contribution >= 0.6 is 0 Å². The first-order valence-electron chi connectivity index (χ1n) is 6.82. The van der Waals surface area contributed by atoms with E-state index in [-0.39, 0.29) is 0 Å². The van der Waals surface area contributed by atoms with E-state index in [1.165, 1.54) is 11.3 Å². The second-order valence-electron chi connectivity index (χ2n) is 4.91. The highest BCUT2D eigenvalue weighted by atomic mass is 15.2. The van der Waals surface area contributed by atoms with Crippen LogP contribution in [0.15, 0.2) is 36.8 Å². The van der Waals surface area contributed by atoms with Crippen molar-refractivity contribution in [2.45, 2.75) is 31.7 Å². The smallest absolute Gasteiger partial charge is 0.0521 e. The Hall–Kier alpha value is -1.68. The molecule has 0 aliphatic carbocycles. The molecule has 0 spiro atoms. The lowest BCUT2D eigenvalue weighted by atomic mass is 10.0. The minimum atomic E-state index is 0.530. The standard InChI is InChI=1S/C15H22N4/c1-16-14(7-6-13-11-18-19(2)12-13)8-9-15-5-3-4-10-17-15/h3-5,10-12,14,16H,6-9H2,1-2H3. The predicted molar refractivity (Wildman–Crippen MR) is 76.9 cm³/mol. The van der Waals surface area contributed by atoms with Crippen LogP contribution in [0.2, 0.25) is 0 Å². The van der Waals surface area contributed by atoms with Crippen molar-refractivity contribution in [1.82, 2.24) is 20.1 Å². The van der Waals surface area contributed by atoms with Crippen LogP contribution in [0.4, 0.5) is 0 Å². The molecule has 4 nitrogen and oxygen atoms in total. The Bertz CT molecular complexity index is 478. The third kappa shape index (κ3) is 4.48. The van der Waals surface area contributed by atoms with Crippen molar-refractivity contribution < 1.29 is 0 Å². The van der Waals surface area contributed by atoms with Crippen LogP contribution in [0.25, 0.3) is 0 Å². The van der Waals surface area contributed by atoms with E-state index in [0.29, 0.717) is 6.04 Å². The lowest BCUT2D eigenvalue weighted by molar-refractivity contribution is 0.487. The van der Waals surface area contributed by atoms with Gasteiger partial charge in [-0.15, -0.1) is 0 Å². The fourth-order valence-electron chi connectivity index (χ4n) is 2.24. The fourth-order valence-corrected chi connectivity index (χ4v) is 2.24. The number of hydrogen-bond acceptors (Lipinski definition) is 3. The third-order valence-corrected chi connectivity index (χ3v) is 3.42. The monoisotopic (exact) mass is 258 g/mol. The molecule has 102 valence electrons. The minimum absolute atomic E-state index is 0.530. The molecule has 0 fully saturated rings. The van der Waals surface area contributed by atoms with Crippen molar-refractivity contribution in [3.05, 3.63) is 48.0 Å². The van der Waals surface area contributed by atoms with Crippen molar-refractivity contribution in [1.29, 1.82) is 0 Å². The number of pyridine rings is 1. The Kier molecular flexibility index (Phi) is 5.10. The van der Waals surface area contributed by atoms with Gasteiger partial charge in [-0.25, -0.2) is 0 Å². The van der Waals surface area contributed by atoms with E-state index in [0.717, 1.165) is 25.7 Å². The Morgan fingerprint density at radius 1 is 1.26 bits per heavy atom. The summed E-state index contributed by atoms with van der Waals surface area (Å²) in [4.78, 5) is 4.37. The molecule has 0 saturated heterocycles. The van der Waals surface area contributed by atoms with Gasteiger partial charge in [0.1, 0.15) is 0 Å².